The van der Waals surface area contributed by atoms with E-state index in [2.05, 4.69) is 0 Å². The summed E-state index contributed by atoms with van der Waals surface area (Å²) in [6, 6.07) is 0. The van der Waals surface area contributed by atoms with Crippen LogP contribution in [0.5, 0.6) is 0 Å². The number of rotatable bonds is 46. The molecule has 0 rings (SSSR count). The van der Waals surface area contributed by atoms with Crippen molar-refractivity contribution >= 4 is 307 Å². The third-order valence-electron chi connectivity index (χ3n) is 12.0. The van der Waals surface area contributed by atoms with Gasteiger partial charge in [0.2, 0.25) is 0 Å². The van der Waals surface area contributed by atoms with Gasteiger partial charge in [0.1, 0.15) is 92.3 Å². The van der Waals surface area contributed by atoms with Gasteiger partial charge in [-0.15, -0.1) is 70.6 Å². The fourth-order valence-corrected chi connectivity index (χ4v) is 21.8. The fraction of sp³-hybridized carbons (Fsp3) is 0.690. The van der Waals surface area contributed by atoms with E-state index >= 15 is 0 Å². The van der Waals surface area contributed by atoms with Crippen molar-refractivity contribution in [3.8, 4) is 0 Å². The Morgan fingerprint density at radius 1 is 0.257 bits per heavy atom. The molecule has 0 aliphatic rings. The molecule has 0 unspecified atom stereocenters. The highest BCUT2D eigenvalue weighted by atomic mass is 32.3. The van der Waals surface area contributed by atoms with Crippen molar-refractivity contribution in [1.82, 2.24) is 0 Å². The number of carbonyl (C=O) groups is 12. The molecule has 0 saturated heterocycles. The second kappa shape index (κ2) is 57.5. The van der Waals surface area contributed by atoms with Crippen LogP contribution >= 0.6 is 214 Å². The molecule has 0 aliphatic heterocycles. The molecular formula is C58H82O25S18. The van der Waals surface area contributed by atoms with Crippen molar-refractivity contribution in [2.75, 3.05) is 130 Å². The van der Waals surface area contributed by atoms with Crippen LogP contribution in [-0.2, 0) is 119 Å². The zero-order valence-corrected chi connectivity index (χ0v) is 71.9. The number of methoxy groups -OCH3 is 6. The Bertz CT molecular complexity index is 2350. The molecule has 0 aliphatic carbocycles. The molecule has 43 heteroatoms. The van der Waals surface area contributed by atoms with Crippen LogP contribution in [0.2, 0.25) is 0 Å². The van der Waals surface area contributed by atoms with E-state index in [4.69, 9.17) is 135 Å². The van der Waals surface area contributed by atoms with E-state index in [1.54, 1.807) is 41.5 Å². The van der Waals surface area contributed by atoms with E-state index in [9.17, 15) is 57.5 Å². The first-order chi connectivity index (χ1) is 47.6. The zero-order valence-electron chi connectivity index (χ0n) is 57.2. The average Bonchev–Trinajstić information content (AvgIpc) is 0.839. The summed E-state index contributed by atoms with van der Waals surface area (Å²) in [5.41, 5.74) is -3.63. The molecule has 572 valence electrons. The van der Waals surface area contributed by atoms with E-state index in [1.165, 1.54) is 42.7 Å². The number of carbonyl (C=O) groups excluding carboxylic acids is 12. The van der Waals surface area contributed by atoms with Crippen molar-refractivity contribution in [1.29, 1.82) is 0 Å². The summed E-state index contributed by atoms with van der Waals surface area (Å²) >= 11 is 45.4. The summed E-state index contributed by atoms with van der Waals surface area (Å²) in [4.78, 5) is 155. The maximum absolute atomic E-state index is 13.7. The number of thioether (sulfide) groups is 12. The van der Waals surface area contributed by atoms with Crippen molar-refractivity contribution in [3.63, 3.8) is 0 Å². The van der Waals surface area contributed by atoms with Crippen LogP contribution in [0, 0.1) is 10.8 Å². The van der Waals surface area contributed by atoms with Crippen molar-refractivity contribution < 1.29 is 119 Å². The Hall–Kier alpha value is -1.66. The van der Waals surface area contributed by atoms with Crippen LogP contribution in [-0.4, -0.2) is 254 Å². The molecule has 0 aromatic heterocycles. The van der Waals surface area contributed by atoms with Gasteiger partial charge in [0.05, 0.1) is 105 Å². The van der Waals surface area contributed by atoms with Gasteiger partial charge in [-0.3, -0.25) is 57.5 Å². The highest BCUT2D eigenvalue weighted by Gasteiger charge is 2.41. The number of hydrogen-bond acceptors (Lipinski definition) is 43. The van der Waals surface area contributed by atoms with Gasteiger partial charge in [-0.05, 0) is 41.5 Å². The highest BCUT2D eigenvalue weighted by Crippen LogP contribution is 2.32. The van der Waals surface area contributed by atoms with E-state index in [-0.39, 0.29) is 73.0 Å². The fourth-order valence-electron chi connectivity index (χ4n) is 6.48. The third kappa shape index (κ3) is 47.7. The molecule has 101 heavy (non-hydrogen) atoms. The van der Waals surface area contributed by atoms with E-state index in [0.29, 0.717) is 21.2 Å². The lowest BCUT2D eigenvalue weighted by molar-refractivity contribution is -0.175. The summed E-state index contributed by atoms with van der Waals surface area (Å²) in [5, 5.41) is -3.88. The van der Waals surface area contributed by atoms with Crippen molar-refractivity contribution in [3.05, 3.63) is 0 Å². The van der Waals surface area contributed by atoms with Gasteiger partial charge in [-0.1, -0.05) is 144 Å². The van der Waals surface area contributed by atoms with Gasteiger partial charge in [-0.25, -0.2) is 0 Å². The van der Waals surface area contributed by atoms with Gasteiger partial charge in [0.15, 0.2) is 0 Å². The molecule has 0 radical (unpaired) electrons. The Kier molecular flexibility index (Phi) is 56.5. The molecule has 0 aromatic rings. The summed E-state index contributed by atoms with van der Waals surface area (Å²) in [5.74, 6) is -7.46. The van der Waals surface area contributed by atoms with E-state index in [1.807, 2.05) is 0 Å². The SMILES string of the molecule is COC(=O)[C@@H](C)SC(=S)SCCC(=O)OCC(COCC(COC(=O)CCSC(=S)S[C@H](C)C(=O)OC)(COC(=O)CCSC(=S)S[C@H](C)C(=O)OC)COC(=O)CCSC(=S)S[C@H](C)C(=O)OC)(COC(=O)CCSC(=S)S[C@H](C)C(=O)OC)COC(=O)CCSC(=S)S[C@H](C)C(=O)OC. The lowest BCUT2D eigenvalue weighted by Crippen LogP contribution is -2.47. The van der Waals surface area contributed by atoms with Gasteiger partial charge in [0.25, 0.3) is 0 Å². The van der Waals surface area contributed by atoms with Crippen LogP contribution in [0.4, 0.5) is 0 Å². The van der Waals surface area contributed by atoms with Gasteiger partial charge in [-0.2, -0.15) is 0 Å². The standard InChI is InChI=1S/C58H82O25S18/c1-33(45(65)71-7)96-51(84)90-19-13-39(59)78-27-57(28-79-40(60)14-20-91-52(85)97-34(2)46(66)72-8,29-80-41(61)15-21-92-53(86)98-35(3)47(67)73-9)25-77-26-58(30-81-42(62)16-22-93-54(87)99-36(4)48(68)74-10,31-82-43(63)17-23-94-55(88)100-37(5)49(69)75-11)32-83-44(64)18-24-95-56(89)101-38(6)50(70)76-12/h33-38H,13-32H2,1-12H3/t33-,34-,35-,36-,37-,38-/m1/s1. The largest absolute Gasteiger partial charge is 0.468 e. The molecule has 0 aromatic carbocycles. The molecular weight excluding hydrogens is 1670 g/mol. The number of hydrogen-bond donors (Lipinski definition) is 0. The number of ether oxygens (including phenoxy) is 13. The predicted octanol–water partition coefficient (Wildman–Crippen LogP) is 10.5. The molecule has 6 atom stereocenters. The second-order valence-corrected chi connectivity index (χ2v) is 42.1. The van der Waals surface area contributed by atoms with Crippen molar-refractivity contribution in [2.24, 2.45) is 10.8 Å². The molecule has 0 saturated carbocycles. The van der Waals surface area contributed by atoms with Crippen LogP contribution in [0.3, 0.4) is 0 Å². The minimum absolute atomic E-state index is 0.0773. The minimum Gasteiger partial charge on any atom is -0.468 e. The van der Waals surface area contributed by atoms with Gasteiger partial charge in [0, 0.05) is 34.5 Å². The Labute approximate surface area is 672 Å². The van der Waals surface area contributed by atoms with Crippen LogP contribution in [0.15, 0.2) is 0 Å². The first kappa shape index (κ1) is 99.3. The summed E-state index contributed by atoms with van der Waals surface area (Å²) in [7, 11) is 7.40. The van der Waals surface area contributed by atoms with Gasteiger partial charge < -0.3 is 61.6 Å². The molecule has 25 nitrogen and oxygen atoms in total. The summed E-state index contributed by atoms with van der Waals surface area (Å²) in [6.45, 7) is 4.26. The topological polar surface area (TPSA) is 325 Å². The normalized spacial score (nSPS) is 13.0. The maximum atomic E-state index is 13.7. The monoisotopic (exact) mass is 1750 g/mol. The molecule has 0 bridgehead atoms. The summed E-state index contributed by atoms with van der Waals surface area (Å²) in [6.07, 6.45) is -1.53. The molecule has 0 N–H and O–H groups in total. The lowest BCUT2D eigenvalue weighted by atomic mass is 9.90. The molecule has 0 amide bonds. The first-order valence-electron chi connectivity index (χ1n) is 29.6. The van der Waals surface area contributed by atoms with E-state index < -0.39 is 167 Å². The van der Waals surface area contributed by atoms with Crippen molar-refractivity contribution in [2.45, 2.75) is 112 Å². The quantitative estimate of drug-likeness (QED) is 0.0310. The first-order valence-corrected chi connectivity index (χ1v) is 43.3. The average molecular weight is 1760 g/mol. The van der Waals surface area contributed by atoms with E-state index in [0.717, 1.165) is 141 Å². The molecule has 0 spiro atoms. The number of thiocarbonyl (C=S) groups is 6. The van der Waals surface area contributed by atoms with Gasteiger partial charge >= 0.3 is 71.6 Å². The lowest BCUT2D eigenvalue weighted by Gasteiger charge is -2.35. The predicted molar refractivity (Wildman–Crippen MR) is 434 cm³/mol. The van der Waals surface area contributed by atoms with Crippen LogP contribution < -0.4 is 0 Å². The third-order valence-corrected chi connectivity index (χ3v) is 28.0. The smallest absolute Gasteiger partial charge is 0.318 e. The van der Waals surface area contributed by atoms with Crippen LogP contribution in [0.25, 0.3) is 0 Å². The minimum atomic E-state index is -1.81. The Morgan fingerprint density at radius 3 is 0.525 bits per heavy atom. The molecule has 0 fully saturated rings. The summed E-state index contributed by atoms with van der Waals surface area (Å²) < 4.78 is 72.4. The van der Waals surface area contributed by atoms with Crippen LogP contribution in [0.1, 0.15) is 80.1 Å². The molecule has 0 heterocycles. The zero-order chi connectivity index (χ0) is 76.7. The second-order valence-electron chi connectivity index (χ2n) is 20.2. The maximum Gasteiger partial charge on any atom is 0.318 e. The highest BCUT2D eigenvalue weighted by molar-refractivity contribution is 8.50. The Morgan fingerprint density at radius 2 is 0.396 bits per heavy atom. The number of esters is 12. The Balaban J connectivity index is 7.87.